The molecule has 0 fully saturated rings. The molecule has 2 aromatic carbocycles. The number of rotatable bonds is 3. The molecule has 0 radical (unpaired) electrons. The van der Waals surface area contributed by atoms with Gasteiger partial charge in [-0.1, -0.05) is 33.6 Å². The molecule has 0 aliphatic carbocycles. The lowest BCUT2D eigenvalue weighted by molar-refractivity contribution is 0.552. The Kier molecular flexibility index (Phi) is 5.40. The number of aryl methyl sites for hydroxylation is 1. The summed E-state index contributed by atoms with van der Waals surface area (Å²) in [5.74, 6) is 0. The molecule has 0 saturated heterocycles. The van der Waals surface area contributed by atoms with Crippen molar-refractivity contribution >= 4 is 48.9 Å². The van der Waals surface area contributed by atoms with E-state index in [-0.39, 0.29) is 5.54 Å². The lowest BCUT2D eigenvalue weighted by Crippen LogP contribution is -2.07. The molecule has 0 aliphatic rings. The Morgan fingerprint density at radius 3 is 2.23 bits per heavy atom. The Morgan fingerprint density at radius 2 is 1.64 bits per heavy atom. The monoisotopic (exact) mass is 423 g/mol. The Bertz CT molecular complexity index is 686. The van der Waals surface area contributed by atoms with Crippen LogP contribution in [0.4, 0.5) is 17.1 Å². The first-order valence-corrected chi connectivity index (χ1v) is 8.59. The summed E-state index contributed by atoms with van der Waals surface area (Å²) in [5, 5.41) is 12.2. The molecular formula is C17H19Br2N3. The summed E-state index contributed by atoms with van der Waals surface area (Å²) < 4.78 is 1.89. The van der Waals surface area contributed by atoms with Crippen LogP contribution >= 0.6 is 31.9 Å². The highest BCUT2D eigenvalue weighted by Gasteiger charge is 2.12. The zero-order valence-electron chi connectivity index (χ0n) is 13.1. The molecule has 0 spiro atoms. The van der Waals surface area contributed by atoms with Crippen molar-refractivity contribution in [3.05, 3.63) is 50.9 Å². The molecule has 0 amide bonds. The maximum atomic E-state index is 4.42. The first-order valence-electron chi connectivity index (χ1n) is 7.00. The van der Waals surface area contributed by atoms with Crippen LogP contribution in [0.15, 0.2) is 55.6 Å². The van der Waals surface area contributed by atoms with Gasteiger partial charge in [0.25, 0.3) is 0 Å². The number of halogens is 2. The topological polar surface area (TPSA) is 36.8 Å². The van der Waals surface area contributed by atoms with Crippen molar-refractivity contribution in [2.75, 3.05) is 5.32 Å². The average Bonchev–Trinajstić information content (AvgIpc) is 2.41. The Morgan fingerprint density at radius 1 is 1.00 bits per heavy atom. The van der Waals surface area contributed by atoms with Gasteiger partial charge in [-0.05, 0) is 67.9 Å². The van der Waals surface area contributed by atoms with Crippen LogP contribution in [0.3, 0.4) is 0 Å². The van der Waals surface area contributed by atoms with Crippen LogP contribution in [0.2, 0.25) is 0 Å². The summed E-state index contributed by atoms with van der Waals surface area (Å²) in [5.41, 5.74) is 3.72. The van der Waals surface area contributed by atoms with Gasteiger partial charge in [-0.25, -0.2) is 0 Å². The predicted molar refractivity (Wildman–Crippen MR) is 101 cm³/mol. The number of nitrogens with zero attached hydrogens (tertiary/aromatic N) is 2. The maximum Gasteiger partial charge on any atom is 0.111 e. The highest BCUT2D eigenvalue weighted by Crippen LogP contribution is 2.38. The van der Waals surface area contributed by atoms with Gasteiger partial charge in [0.1, 0.15) is 5.69 Å². The number of anilines is 2. The minimum atomic E-state index is -0.212. The molecule has 5 heteroatoms. The van der Waals surface area contributed by atoms with Crippen LogP contribution in [0.25, 0.3) is 0 Å². The van der Waals surface area contributed by atoms with Crippen LogP contribution in [0, 0.1) is 6.92 Å². The summed E-state index contributed by atoms with van der Waals surface area (Å²) >= 11 is 7.10. The van der Waals surface area contributed by atoms with E-state index in [1.54, 1.807) is 0 Å². The van der Waals surface area contributed by atoms with Crippen molar-refractivity contribution < 1.29 is 0 Å². The van der Waals surface area contributed by atoms with E-state index in [1.165, 1.54) is 5.56 Å². The minimum absolute atomic E-state index is 0.212. The maximum absolute atomic E-state index is 4.42. The van der Waals surface area contributed by atoms with E-state index in [1.807, 2.05) is 32.9 Å². The fourth-order valence-electron chi connectivity index (χ4n) is 1.75. The quantitative estimate of drug-likeness (QED) is 0.522. The van der Waals surface area contributed by atoms with Crippen molar-refractivity contribution in [3.63, 3.8) is 0 Å². The van der Waals surface area contributed by atoms with Crippen LogP contribution in [0.1, 0.15) is 26.3 Å². The molecule has 1 N–H and O–H groups in total. The Balaban J connectivity index is 2.40. The fraction of sp³-hybridized carbons (Fsp3) is 0.294. The van der Waals surface area contributed by atoms with E-state index in [4.69, 9.17) is 0 Å². The second kappa shape index (κ2) is 6.92. The van der Waals surface area contributed by atoms with Gasteiger partial charge < -0.3 is 5.32 Å². The molecule has 0 saturated carbocycles. The molecule has 0 aliphatic heterocycles. The lowest BCUT2D eigenvalue weighted by atomic mass is 10.1. The largest absolute Gasteiger partial charge is 0.353 e. The molecule has 2 aromatic rings. The average molecular weight is 425 g/mol. The van der Waals surface area contributed by atoms with E-state index in [2.05, 4.69) is 78.6 Å². The van der Waals surface area contributed by atoms with Gasteiger partial charge in [0, 0.05) is 14.6 Å². The summed E-state index contributed by atoms with van der Waals surface area (Å²) in [7, 11) is 0. The Labute approximate surface area is 148 Å². The van der Waals surface area contributed by atoms with E-state index < -0.39 is 0 Å². The Hall–Kier alpha value is -1.20. The minimum Gasteiger partial charge on any atom is -0.353 e. The van der Waals surface area contributed by atoms with Crippen LogP contribution in [-0.4, -0.2) is 5.54 Å². The molecule has 3 nitrogen and oxygen atoms in total. The van der Waals surface area contributed by atoms with E-state index in [0.717, 1.165) is 26.0 Å². The number of azo groups is 1. The van der Waals surface area contributed by atoms with E-state index >= 15 is 0 Å². The SMILES string of the molecule is Cc1ccc(Nc2c(Br)cc(Br)cc2N=NC(C)(C)C)cc1. The van der Waals surface area contributed by atoms with Gasteiger partial charge >= 0.3 is 0 Å². The number of benzene rings is 2. The molecule has 0 unspecified atom stereocenters. The standard InChI is InChI=1S/C17H19Br2N3/c1-11-5-7-13(8-6-11)20-16-14(19)9-12(18)10-15(16)21-22-17(2,3)4/h5-10,20H,1-4H3. The highest BCUT2D eigenvalue weighted by atomic mass is 79.9. The molecular weight excluding hydrogens is 406 g/mol. The molecule has 0 aromatic heterocycles. The third-order valence-electron chi connectivity index (χ3n) is 2.81. The summed E-state index contributed by atoms with van der Waals surface area (Å²) in [4.78, 5) is 0. The third kappa shape index (κ3) is 4.92. The number of nitrogens with one attached hydrogen (secondary N) is 1. The fourth-order valence-corrected chi connectivity index (χ4v) is 3.05. The van der Waals surface area contributed by atoms with Gasteiger partial charge in [-0.3, -0.25) is 0 Å². The van der Waals surface area contributed by atoms with E-state index in [0.29, 0.717) is 0 Å². The molecule has 2 rings (SSSR count). The zero-order chi connectivity index (χ0) is 16.3. The molecule has 116 valence electrons. The second-order valence-electron chi connectivity index (χ2n) is 6.14. The first kappa shape index (κ1) is 17.2. The van der Waals surface area contributed by atoms with Gasteiger partial charge in [0.05, 0.1) is 11.2 Å². The van der Waals surface area contributed by atoms with Crippen LogP contribution in [0.5, 0.6) is 0 Å². The van der Waals surface area contributed by atoms with Crippen molar-refractivity contribution in [1.29, 1.82) is 0 Å². The van der Waals surface area contributed by atoms with Crippen molar-refractivity contribution in [3.8, 4) is 0 Å². The smallest absolute Gasteiger partial charge is 0.111 e. The van der Waals surface area contributed by atoms with Gasteiger partial charge in [-0.15, -0.1) is 0 Å². The van der Waals surface area contributed by atoms with Crippen LogP contribution in [-0.2, 0) is 0 Å². The predicted octanol–water partition coefficient (Wildman–Crippen LogP) is 7.15. The summed E-state index contributed by atoms with van der Waals surface area (Å²) in [6.45, 7) is 8.14. The normalized spacial score (nSPS) is 11.9. The molecule has 0 bridgehead atoms. The second-order valence-corrected chi connectivity index (χ2v) is 7.91. The van der Waals surface area contributed by atoms with Crippen molar-refractivity contribution in [2.24, 2.45) is 10.2 Å². The molecule has 22 heavy (non-hydrogen) atoms. The number of hydrogen-bond acceptors (Lipinski definition) is 3. The van der Waals surface area contributed by atoms with E-state index in [9.17, 15) is 0 Å². The van der Waals surface area contributed by atoms with Crippen LogP contribution < -0.4 is 5.32 Å². The lowest BCUT2D eigenvalue weighted by Gasteiger charge is -2.14. The third-order valence-corrected chi connectivity index (χ3v) is 3.90. The highest BCUT2D eigenvalue weighted by molar-refractivity contribution is 9.11. The molecule has 0 atom stereocenters. The van der Waals surface area contributed by atoms with Crippen molar-refractivity contribution in [1.82, 2.24) is 0 Å². The molecule has 0 heterocycles. The summed E-state index contributed by atoms with van der Waals surface area (Å²) in [6, 6.07) is 12.2. The first-order chi connectivity index (χ1) is 10.2. The zero-order valence-corrected chi connectivity index (χ0v) is 16.3. The number of hydrogen-bond donors (Lipinski definition) is 1. The van der Waals surface area contributed by atoms with Gasteiger partial charge in [0.2, 0.25) is 0 Å². The van der Waals surface area contributed by atoms with Gasteiger partial charge in [-0.2, -0.15) is 10.2 Å². The van der Waals surface area contributed by atoms with Crippen molar-refractivity contribution in [2.45, 2.75) is 33.2 Å². The van der Waals surface area contributed by atoms with Gasteiger partial charge in [0.15, 0.2) is 0 Å². The summed E-state index contributed by atoms with van der Waals surface area (Å²) in [6.07, 6.45) is 0.